The SMILES string of the molecule is CC(=O)O/N=C/c1ccc(-c2cc([N+](=O)[O-])ccc2C)o1. The highest BCUT2D eigenvalue weighted by molar-refractivity contribution is 5.78. The topological polar surface area (TPSA) is 94.9 Å². The summed E-state index contributed by atoms with van der Waals surface area (Å²) in [6.07, 6.45) is 1.25. The molecule has 7 heteroatoms. The molecule has 0 unspecified atom stereocenters. The molecule has 0 N–H and O–H groups in total. The first kappa shape index (κ1) is 14.4. The van der Waals surface area contributed by atoms with Crippen molar-refractivity contribution in [1.29, 1.82) is 0 Å². The molecule has 0 bridgehead atoms. The summed E-state index contributed by atoms with van der Waals surface area (Å²) in [6.45, 7) is 3.06. The third kappa shape index (κ3) is 3.53. The Labute approximate surface area is 120 Å². The van der Waals surface area contributed by atoms with Gasteiger partial charge in [0.05, 0.1) is 4.92 Å². The lowest BCUT2D eigenvalue weighted by Crippen LogP contribution is -1.91. The predicted octanol–water partition coefficient (Wildman–Crippen LogP) is 3.06. The van der Waals surface area contributed by atoms with Crippen LogP contribution in [0.4, 0.5) is 5.69 Å². The number of benzene rings is 1. The summed E-state index contributed by atoms with van der Waals surface area (Å²) >= 11 is 0. The lowest BCUT2D eigenvalue weighted by atomic mass is 10.1. The van der Waals surface area contributed by atoms with E-state index in [9.17, 15) is 14.9 Å². The van der Waals surface area contributed by atoms with Gasteiger partial charge in [-0.25, -0.2) is 4.79 Å². The number of carbonyl (C=O) groups excluding carboxylic acids is 1. The quantitative estimate of drug-likeness (QED) is 0.373. The Hall–Kier alpha value is -2.96. The van der Waals surface area contributed by atoms with Gasteiger partial charge in [0.1, 0.15) is 17.7 Å². The summed E-state index contributed by atoms with van der Waals surface area (Å²) in [7, 11) is 0. The van der Waals surface area contributed by atoms with Gasteiger partial charge in [0.2, 0.25) is 0 Å². The van der Waals surface area contributed by atoms with E-state index in [2.05, 4.69) is 9.99 Å². The van der Waals surface area contributed by atoms with E-state index in [1.54, 1.807) is 18.2 Å². The van der Waals surface area contributed by atoms with Crippen molar-refractivity contribution in [3.8, 4) is 11.3 Å². The third-order valence-corrected chi connectivity index (χ3v) is 2.69. The van der Waals surface area contributed by atoms with Crippen molar-refractivity contribution in [2.24, 2.45) is 5.16 Å². The molecule has 0 aliphatic carbocycles. The fourth-order valence-electron chi connectivity index (χ4n) is 1.71. The Balaban J connectivity index is 2.29. The summed E-state index contributed by atoms with van der Waals surface area (Å²) in [5.74, 6) is 0.310. The number of nitro groups is 1. The van der Waals surface area contributed by atoms with Crippen LogP contribution in [0.2, 0.25) is 0 Å². The summed E-state index contributed by atoms with van der Waals surface area (Å²) in [4.78, 5) is 25.3. The first-order chi connectivity index (χ1) is 9.97. The number of oxime groups is 1. The second-order valence-corrected chi connectivity index (χ2v) is 4.28. The molecule has 0 radical (unpaired) electrons. The molecule has 1 aromatic carbocycles. The molecular weight excluding hydrogens is 276 g/mol. The molecule has 7 nitrogen and oxygen atoms in total. The minimum Gasteiger partial charge on any atom is -0.455 e. The number of rotatable bonds is 4. The van der Waals surface area contributed by atoms with Crippen LogP contribution in [0, 0.1) is 17.0 Å². The highest BCUT2D eigenvalue weighted by Gasteiger charge is 2.12. The molecule has 1 aromatic heterocycles. The van der Waals surface area contributed by atoms with Gasteiger partial charge in [-0.1, -0.05) is 11.2 Å². The van der Waals surface area contributed by atoms with Crippen LogP contribution >= 0.6 is 0 Å². The summed E-state index contributed by atoms with van der Waals surface area (Å²) in [5, 5.41) is 14.3. The molecule has 0 aliphatic heterocycles. The number of nitrogens with zero attached hydrogens (tertiary/aromatic N) is 2. The van der Waals surface area contributed by atoms with E-state index in [4.69, 9.17) is 4.42 Å². The standard InChI is InChI=1S/C14H12N2O5/c1-9-3-4-11(16(18)19)7-13(9)14-6-5-12(20-14)8-15-21-10(2)17/h3-8H,1-2H3/b15-8+. The zero-order chi connectivity index (χ0) is 15.4. The van der Waals surface area contributed by atoms with Crippen molar-refractivity contribution in [2.45, 2.75) is 13.8 Å². The maximum atomic E-state index is 10.8. The molecule has 0 aliphatic rings. The normalized spacial score (nSPS) is 10.8. The second kappa shape index (κ2) is 6.00. The lowest BCUT2D eigenvalue weighted by Gasteiger charge is -2.02. The Morgan fingerprint density at radius 3 is 2.81 bits per heavy atom. The van der Waals surface area contributed by atoms with Crippen LogP contribution < -0.4 is 0 Å². The molecule has 0 fully saturated rings. The van der Waals surface area contributed by atoms with Crippen molar-refractivity contribution in [2.75, 3.05) is 0 Å². The molecule has 0 amide bonds. The van der Waals surface area contributed by atoms with Crippen LogP contribution in [0.5, 0.6) is 0 Å². The minimum absolute atomic E-state index is 0.0119. The zero-order valence-corrected chi connectivity index (χ0v) is 11.4. The van der Waals surface area contributed by atoms with E-state index < -0.39 is 10.9 Å². The number of non-ortho nitro benzene ring substituents is 1. The number of aryl methyl sites for hydroxylation is 1. The van der Waals surface area contributed by atoms with Crippen molar-refractivity contribution >= 4 is 17.9 Å². The van der Waals surface area contributed by atoms with Crippen LogP contribution in [0.25, 0.3) is 11.3 Å². The van der Waals surface area contributed by atoms with Gasteiger partial charge < -0.3 is 9.25 Å². The van der Waals surface area contributed by atoms with Crippen LogP contribution in [-0.4, -0.2) is 17.1 Å². The van der Waals surface area contributed by atoms with E-state index in [0.717, 1.165) is 5.56 Å². The molecule has 0 saturated heterocycles. The molecule has 108 valence electrons. The largest absolute Gasteiger partial charge is 0.455 e. The molecule has 2 rings (SSSR count). The molecule has 2 aromatic rings. The van der Waals surface area contributed by atoms with Gasteiger partial charge in [-0.3, -0.25) is 10.1 Å². The molecule has 0 spiro atoms. The molecule has 1 heterocycles. The van der Waals surface area contributed by atoms with Crippen LogP contribution in [-0.2, 0) is 9.63 Å². The summed E-state index contributed by atoms with van der Waals surface area (Å²) in [6, 6.07) is 7.83. The van der Waals surface area contributed by atoms with Crippen molar-refractivity contribution in [3.05, 3.63) is 51.8 Å². The van der Waals surface area contributed by atoms with Crippen molar-refractivity contribution in [1.82, 2.24) is 0 Å². The van der Waals surface area contributed by atoms with Crippen molar-refractivity contribution in [3.63, 3.8) is 0 Å². The van der Waals surface area contributed by atoms with Gasteiger partial charge in [0.15, 0.2) is 0 Å². The Morgan fingerprint density at radius 1 is 1.38 bits per heavy atom. The number of carbonyl (C=O) groups is 1. The highest BCUT2D eigenvalue weighted by Crippen LogP contribution is 2.28. The fourth-order valence-corrected chi connectivity index (χ4v) is 1.71. The van der Waals surface area contributed by atoms with E-state index in [0.29, 0.717) is 17.1 Å². The van der Waals surface area contributed by atoms with Gasteiger partial charge in [-0.15, -0.1) is 0 Å². The molecule has 0 saturated carbocycles. The van der Waals surface area contributed by atoms with Crippen LogP contribution in [0.3, 0.4) is 0 Å². The van der Waals surface area contributed by atoms with E-state index in [1.165, 1.54) is 25.3 Å². The van der Waals surface area contributed by atoms with Gasteiger partial charge in [-0.05, 0) is 24.6 Å². The van der Waals surface area contributed by atoms with Crippen molar-refractivity contribution < 1.29 is 19.0 Å². The number of nitro benzene ring substituents is 1. The molecule has 0 atom stereocenters. The van der Waals surface area contributed by atoms with Crippen LogP contribution in [0.1, 0.15) is 18.2 Å². The Morgan fingerprint density at radius 2 is 2.14 bits per heavy atom. The average Bonchev–Trinajstić information content (AvgIpc) is 2.87. The second-order valence-electron chi connectivity index (χ2n) is 4.28. The smallest absolute Gasteiger partial charge is 0.331 e. The average molecular weight is 288 g/mol. The number of furan rings is 1. The van der Waals surface area contributed by atoms with Crippen LogP contribution in [0.15, 0.2) is 39.9 Å². The first-order valence-corrected chi connectivity index (χ1v) is 6.03. The first-order valence-electron chi connectivity index (χ1n) is 6.03. The van der Waals surface area contributed by atoms with Gasteiger partial charge in [0, 0.05) is 24.6 Å². The van der Waals surface area contributed by atoms with E-state index in [1.807, 2.05) is 6.92 Å². The zero-order valence-electron chi connectivity index (χ0n) is 11.4. The van der Waals surface area contributed by atoms with Gasteiger partial charge >= 0.3 is 5.97 Å². The minimum atomic E-state index is -0.535. The highest BCUT2D eigenvalue weighted by atomic mass is 16.7. The summed E-state index contributed by atoms with van der Waals surface area (Å²) < 4.78 is 5.50. The number of hydrogen-bond acceptors (Lipinski definition) is 6. The third-order valence-electron chi connectivity index (χ3n) is 2.69. The number of hydrogen-bond donors (Lipinski definition) is 0. The van der Waals surface area contributed by atoms with Gasteiger partial charge in [-0.2, -0.15) is 0 Å². The summed E-state index contributed by atoms with van der Waals surface area (Å²) in [5.41, 5.74) is 1.46. The predicted molar refractivity (Wildman–Crippen MR) is 74.9 cm³/mol. The lowest BCUT2D eigenvalue weighted by molar-refractivity contribution is -0.384. The molecular formula is C14H12N2O5. The maximum absolute atomic E-state index is 10.8. The maximum Gasteiger partial charge on any atom is 0.331 e. The fraction of sp³-hybridized carbons (Fsp3) is 0.143. The van der Waals surface area contributed by atoms with Gasteiger partial charge in [0.25, 0.3) is 5.69 Å². The van der Waals surface area contributed by atoms with E-state index in [-0.39, 0.29) is 5.69 Å². The van der Waals surface area contributed by atoms with E-state index >= 15 is 0 Å². The monoisotopic (exact) mass is 288 g/mol. The Kier molecular flexibility index (Phi) is 4.13. The molecule has 21 heavy (non-hydrogen) atoms. The Bertz CT molecular complexity index is 718.